The molecular weight excluding hydrogens is 340 g/mol. The topological polar surface area (TPSA) is 70.5 Å². The molecule has 0 unspecified atom stereocenters. The number of carboxylic acid groups (broad SMARTS) is 1. The number of nitrogens with zero attached hydrogens (tertiary/aromatic N) is 2. The fourth-order valence-electron chi connectivity index (χ4n) is 3.66. The summed E-state index contributed by atoms with van der Waals surface area (Å²) in [5, 5.41) is 9.54. The average Bonchev–Trinajstić information content (AvgIpc) is 3.48. The molecule has 2 aromatic rings. The first-order valence-electron chi connectivity index (χ1n) is 8.99. The van der Waals surface area contributed by atoms with E-state index in [1.165, 1.54) is 0 Å². The van der Waals surface area contributed by atoms with E-state index < -0.39 is 5.97 Å². The number of carbonyl (C=O) groups is 1. The van der Waals surface area contributed by atoms with Crippen LogP contribution in [0.25, 0.3) is 16.7 Å². The first-order valence-corrected chi connectivity index (χ1v) is 8.99. The highest BCUT2D eigenvalue weighted by Gasteiger charge is 2.36. The molecule has 1 aromatic heterocycles. The maximum atomic E-state index is 11.7. The number of aromatic nitrogens is 1. The van der Waals surface area contributed by atoms with Crippen LogP contribution < -0.4 is 4.90 Å². The number of carbonyl (C=O) groups excluding carboxylic acids is 1. The smallest absolute Gasteiger partial charge is 0.338 e. The molecule has 0 bridgehead atoms. The number of anilines is 1. The minimum Gasteiger partial charge on any atom is -0.478 e. The molecule has 1 aromatic carbocycles. The Kier molecular flexibility index (Phi) is 3.97. The van der Waals surface area contributed by atoms with Crippen LogP contribution in [-0.4, -0.2) is 28.0 Å². The fraction of sp³-hybridized carbons (Fsp3) is 0.273. The quantitative estimate of drug-likeness (QED) is 0.842. The van der Waals surface area contributed by atoms with Gasteiger partial charge in [0.15, 0.2) is 0 Å². The Labute approximate surface area is 157 Å². The van der Waals surface area contributed by atoms with Crippen molar-refractivity contribution >= 4 is 23.2 Å². The summed E-state index contributed by atoms with van der Waals surface area (Å²) in [6, 6.07) is 6.15. The van der Waals surface area contributed by atoms with Crippen LogP contribution >= 0.6 is 0 Å². The Morgan fingerprint density at radius 1 is 1.22 bits per heavy atom. The molecule has 1 N–H and O–H groups in total. The molecule has 0 spiro atoms. The van der Waals surface area contributed by atoms with Gasteiger partial charge in [0.25, 0.3) is 0 Å². The zero-order valence-corrected chi connectivity index (χ0v) is 15.5. The van der Waals surface area contributed by atoms with E-state index in [9.17, 15) is 14.7 Å². The molecular formula is C22H20N2O3. The van der Waals surface area contributed by atoms with E-state index in [4.69, 9.17) is 0 Å². The molecule has 1 aliphatic carbocycles. The highest BCUT2D eigenvalue weighted by molar-refractivity contribution is 6.16. The van der Waals surface area contributed by atoms with Crippen molar-refractivity contribution in [2.75, 3.05) is 4.90 Å². The van der Waals surface area contributed by atoms with Crippen LogP contribution in [0, 0.1) is 20.8 Å². The van der Waals surface area contributed by atoms with E-state index in [-0.39, 0.29) is 17.2 Å². The molecule has 4 rings (SSSR count). The summed E-state index contributed by atoms with van der Waals surface area (Å²) in [7, 11) is 0. The van der Waals surface area contributed by atoms with Gasteiger partial charge in [-0.1, -0.05) is 12.1 Å². The van der Waals surface area contributed by atoms with E-state index in [2.05, 4.69) is 11.1 Å². The lowest BCUT2D eigenvalue weighted by Gasteiger charge is -2.31. The number of rotatable bonds is 3. The number of aliphatic carboxylic acids is 1. The molecule has 2 heterocycles. The van der Waals surface area contributed by atoms with Gasteiger partial charge in [-0.3, -0.25) is 4.98 Å². The van der Waals surface area contributed by atoms with Crippen LogP contribution in [0.15, 0.2) is 36.2 Å². The molecule has 5 nitrogen and oxygen atoms in total. The van der Waals surface area contributed by atoms with Gasteiger partial charge in [0.05, 0.1) is 16.8 Å². The summed E-state index contributed by atoms with van der Waals surface area (Å²) in [4.78, 5) is 29.7. The van der Waals surface area contributed by atoms with Crippen molar-refractivity contribution in [3.8, 4) is 11.1 Å². The summed E-state index contributed by atoms with van der Waals surface area (Å²) in [6.45, 7) is 6.03. The number of carboxylic acids is 1. The van der Waals surface area contributed by atoms with Crippen LogP contribution in [0.5, 0.6) is 0 Å². The van der Waals surface area contributed by atoms with Gasteiger partial charge >= 0.3 is 5.97 Å². The van der Waals surface area contributed by atoms with E-state index in [1.807, 2.05) is 49.9 Å². The molecule has 27 heavy (non-hydrogen) atoms. The molecule has 0 saturated heterocycles. The SMILES string of the molecule is Cc1cc(-c2ccc3c(c2C)N(C2CC2)C=C(C(=O)O)C3=C=O)cnc1C. The third-order valence-corrected chi connectivity index (χ3v) is 5.42. The molecule has 0 atom stereocenters. The van der Waals surface area contributed by atoms with Gasteiger partial charge in [0.1, 0.15) is 5.94 Å². The van der Waals surface area contributed by atoms with E-state index in [0.717, 1.165) is 46.5 Å². The lowest BCUT2D eigenvalue weighted by molar-refractivity contribution is -0.132. The van der Waals surface area contributed by atoms with Crippen molar-refractivity contribution in [3.63, 3.8) is 0 Å². The largest absolute Gasteiger partial charge is 0.478 e. The van der Waals surface area contributed by atoms with Gasteiger partial charge in [-0.15, -0.1) is 0 Å². The molecule has 1 saturated carbocycles. The van der Waals surface area contributed by atoms with Crippen LogP contribution in [0.4, 0.5) is 5.69 Å². The summed E-state index contributed by atoms with van der Waals surface area (Å²) in [5.74, 6) is 0.746. The predicted molar refractivity (Wildman–Crippen MR) is 104 cm³/mol. The van der Waals surface area contributed by atoms with Gasteiger partial charge < -0.3 is 10.0 Å². The standard InChI is InChI=1S/C22H20N2O3/c1-12-8-15(9-23-14(12)3)17-6-7-18-20(11-25)19(22(26)27)10-24(16-4-5-16)21(18)13(17)2/h6-10,16H,4-5H2,1-3H3,(H,26,27). The molecule has 1 fully saturated rings. The average molecular weight is 360 g/mol. The predicted octanol–water partition coefficient (Wildman–Crippen LogP) is 3.84. The van der Waals surface area contributed by atoms with Crippen molar-refractivity contribution in [3.05, 3.63) is 58.6 Å². The van der Waals surface area contributed by atoms with Crippen molar-refractivity contribution in [1.82, 2.24) is 4.98 Å². The van der Waals surface area contributed by atoms with Crippen molar-refractivity contribution in [2.24, 2.45) is 0 Å². The third kappa shape index (κ3) is 2.77. The van der Waals surface area contributed by atoms with Crippen LogP contribution in [0.1, 0.15) is 35.2 Å². The van der Waals surface area contributed by atoms with Crippen LogP contribution in [0.2, 0.25) is 0 Å². The summed E-state index contributed by atoms with van der Waals surface area (Å²) < 4.78 is 0. The highest BCUT2D eigenvalue weighted by atomic mass is 16.4. The maximum absolute atomic E-state index is 11.7. The third-order valence-electron chi connectivity index (χ3n) is 5.42. The van der Waals surface area contributed by atoms with Gasteiger partial charge in [0.2, 0.25) is 0 Å². The van der Waals surface area contributed by atoms with Gasteiger partial charge in [-0.25, -0.2) is 9.59 Å². The fourth-order valence-corrected chi connectivity index (χ4v) is 3.66. The zero-order chi connectivity index (χ0) is 19.3. The number of pyridine rings is 1. The maximum Gasteiger partial charge on any atom is 0.338 e. The monoisotopic (exact) mass is 360 g/mol. The minimum atomic E-state index is -1.11. The number of aryl methyl sites for hydroxylation is 2. The van der Waals surface area contributed by atoms with Crippen LogP contribution in [0.3, 0.4) is 0 Å². The minimum absolute atomic E-state index is 0.00407. The van der Waals surface area contributed by atoms with Gasteiger partial charge in [0, 0.05) is 35.3 Å². The van der Waals surface area contributed by atoms with E-state index in [1.54, 1.807) is 6.20 Å². The van der Waals surface area contributed by atoms with E-state index in [0.29, 0.717) is 5.56 Å². The van der Waals surface area contributed by atoms with Crippen molar-refractivity contribution in [2.45, 2.75) is 39.7 Å². The zero-order valence-electron chi connectivity index (χ0n) is 15.5. The summed E-state index contributed by atoms with van der Waals surface area (Å²) >= 11 is 0. The highest BCUT2D eigenvalue weighted by Crippen LogP contribution is 2.46. The second kappa shape index (κ2) is 6.22. The number of hydrogen-bond donors (Lipinski definition) is 1. The Hall–Kier alpha value is -3.17. The lowest BCUT2D eigenvalue weighted by Crippen LogP contribution is -2.27. The number of benzene rings is 1. The Balaban J connectivity index is 1.94. The second-order valence-corrected chi connectivity index (χ2v) is 7.22. The number of fused-ring (bicyclic) bond motifs is 1. The van der Waals surface area contributed by atoms with Crippen molar-refractivity contribution in [1.29, 1.82) is 0 Å². The van der Waals surface area contributed by atoms with Crippen LogP contribution in [-0.2, 0) is 9.59 Å². The molecule has 0 radical (unpaired) electrons. The second-order valence-electron chi connectivity index (χ2n) is 7.22. The molecule has 1 aliphatic heterocycles. The first-order chi connectivity index (χ1) is 12.9. The Bertz CT molecular complexity index is 1060. The summed E-state index contributed by atoms with van der Waals surface area (Å²) in [6.07, 6.45) is 5.48. The van der Waals surface area contributed by atoms with Gasteiger partial charge in [-0.05, 0) is 56.4 Å². The number of hydrogen-bond acceptors (Lipinski definition) is 4. The Morgan fingerprint density at radius 2 is 1.93 bits per heavy atom. The van der Waals surface area contributed by atoms with Crippen molar-refractivity contribution < 1.29 is 14.7 Å². The Morgan fingerprint density at radius 3 is 2.52 bits per heavy atom. The normalized spacial score (nSPS) is 15.9. The molecule has 0 amide bonds. The molecule has 2 aliphatic rings. The first kappa shape index (κ1) is 17.3. The summed E-state index contributed by atoms with van der Waals surface area (Å²) in [5.41, 5.74) is 6.82. The molecule has 136 valence electrons. The molecule has 5 heteroatoms. The van der Waals surface area contributed by atoms with E-state index >= 15 is 0 Å². The van der Waals surface area contributed by atoms with Gasteiger partial charge in [-0.2, -0.15) is 0 Å². The lowest BCUT2D eigenvalue weighted by atomic mass is 9.88.